The average Bonchev–Trinajstić information content (AvgIpc) is 2.44. The molecule has 0 aliphatic rings. The molecule has 0 saturated heterocycles. The van der Waals surface area contributed by atoms with Gasteiger partial charge < -0.3 is 10.1 Å². The zero-order valence-corrected chi connectivity index (χ0v) is 14.5. The summed E-state index contributed by atoms with van der Waals surface area (Å²) in [6.07, 6.45) is 8.17. The molecule has 1 N–H and O–H groups in total. The number of nitrogens with one attached hydrogen (secondary N) is 1. The normalized spacial score (nSPS) is 11.1. The number of hydrogen-bond donors (Lipinski definition) is 1. The first kappa shape index (κ1) is 18.3. The van der Waals surface area contributed by atoms with Crippen LogP contribution in [-0.4, -0.2) is 12.6 Å². The first-order valence-corrected chi connectivity index (χ1v) is 8.67. The highest BCUT2D eigenvalue weighted by Crippen LogP contribution is 2.26. The summed E-state index contributed by atoms with van der Waals surface area (Å²) in [5.41, 5.74) is 1.21. The fourth-order valence-corrected chi connectivity index (χ4v) is 2.51. The van der Waals surface area contributed by atoms with Gasteiger partial charge in [0.1, 0.15) is 5.75 Å². The lowest BCUT2D eigenvalue weighted by atomic mass is 10.1. The topological polar surface area (TPSA) is 21.3 Å². The minimum Gasteiger partial charge on any atom is -0.489 e. The maximum atomic E-state index is 6.23. The number of ether oxygens (including phenoxy) is 1. The van der Waals surface area contributed by atoms with Crippen molar-refractivity contribution in [1.82, 2.24) is 5.32 Å². The Hall–Kier alpha value is -0.730. The molecule has 1 aromatic carbocycles. The average molecular weight is 312 g/mol. The minimum atomic E-state index is 0.152. The molecule has 0 radical (unpaired) electrons. The molecule has 0 spiro atoms. The van der Waals surface area contributed by atoms with Crippen molar-refractivity contribution >= 4 is 11.6 Å². The van der Waals surface area contributed by atoms with Crippen molar-refractivity contribution in [3.8, 4) is 5.75 Å². The molecule has 1 aromatic rings. The van der Waals surface area contributed by atoms with Crippen LogP contribution in [0.2, 0.25) is 5.02 Å². The van der Waals surface area contributed by atoms with E-state index in [1.54, 1.807) is 0 Å². The van der Waals surface area contributed by atoms with Crippen LogP contribution in [0.3, 0.4) is 0 Å². The number of unbranched alkanes of at least 4 members (excludes halogenated alkanes) is 5. The summed E-state index contributed by atoms with van der Waals surface area (Å²) in [5, 5.41) is 4.18. The molecule has 0 heterocycles. The van der Waals surface area contributed by atoms with Crippen LogP contribution in [0, 0.1) is 0 Å². The van der Waals surface area contributed by atoms with E-state index in [0.29, 0.717) is 5.02 Å². The van der Waals surface area contributed by atoms with Gasteiger partial charge >= 0.3 is 0 Å². The van der Waals surface area contributed by atoms with Gasteiger partial charge in [-0.3, -0.25) is 0 Å². The van der Waals surface area contributed by atoms with E-state index in [9.17, 15) is 0 Å². The fourth-order valence-electron chi connectivity index (χ4n) is 2.27. The van der Waals surface area contributed by atoms with Gasteiger partial charge in [-0.05, 0) is 44.5 Å². The van der Waals surface area contributed by atoms with Crippen LogP contribution < -0.4 is 10.1 Å². The van der Waals surface area contributed by atoms with E-state index in [1.165, 1.54) is 44.1 Å². The Balaban J connectivity index is 2.19. The maximum Gasteiger partial charge on any atom is 0.138 e. The van der Waals surface area contributed by atoms with E-state index in [-0.39, 0.29) is 6.10 Å². The molecule has 2 nitrogen and oxygen atoms in total. The Labute approximate surface area is 135 Å². The molecular weight excluding hydrogens is 282 g/mol. The smallest absolute Gasteiger partial charge is 0.138 e. The lowest BCUT2D eigenvalue weighted by Crippen LogP contribution is -2.14. The Morgan fingerprint density at radius 1 is 1.10 bits per heavy atom. The number of halogens is 1. The molecule has 21 heavy (non-hydrogen) atoms. The number of hydrogen-bond acceptors (Lipinski definition) is 2. The highest BCUT2D eigenvalue weighted by molar-refractivity contribution is 6.32. The molecule has 3 heteroatoms. The molecule has 0 bridgehead atoms. The van der Waals surface area contributed by atoms with Gasteiger partial charge in [-0.25, -0.2) is 0 Å². The van der Waals surface area contributed by atoms with Gasteiger partial charge in [0.15, 0.2) is 0 Å². The van der Waals surface area contributed by atoms with Gasteiger partial charge in [-0.15, -0.1) is 0 Å². The summed E-state index contributed by atoms with van der Waals surface area (Å²) in [7, 11) is 0. The standard InChI is InChI=1S/C18H30ClNO/c1-4-5-6-7-8-9-12-20-14-16-10-11-18(17(19)13-16)21-15(2)3/h10-11,13,15,20H,4-9,12,14H2,1-3H3. The lowest BCUT2D eigenvalue weighted by Gasteiger charge is -2.12. The molecule has 0 aliphatic carbocycles. The third-order valence-electron chi connectivity index (χ3n) is 3.40. The maximum absolute atomic E-state index is 6.23. The summed E-state index contributed by atoms with van der Waals surface area (Å²) >= 11 is 6.23. The second-order valence-corrected chi connectivity index (χ2v) is 6.28. The van der Waals surface area contributed by atoms with Gasteiger partial charge in [0.25, 0.3) is 0 Å². The van der Waals surface area contributed by atoms with E-state index >= 15 is 0 Å². The Morgan fingerprint density at radius 2 is 1.81 bits per heavy atom. The molecule has 0 aromatic heterocycles. The minimum absolute atomic E-state index is 0.152. The lowest BCUT2D eigenvalue weighted by molar-refractivity contribution is 0.242. The van der Waals surface area contributed by atoms with Crippen molar-refractivity contribution in [2.75, 3.05) is 6.54 Å². The highest BCUT2D eigenvalue weighted by Gasteiger charge is 2.04. The number of rotatable bonds is 11. The molecule has 0 aliphatic heterocycles. The molecular formula is C18H30ClNO. The summed E-state index contributed by atoms with van der Waals surface area (Å²) in [4.78, 5) is 0. The molecule has 120 valence electrons. The zero-order chi connectivity index (χ0) is 15.5. The van der Waals surface area contributed by atoms with Crippen molar-refractivity contribution in [1.29, 1.82) is 0 Å². The van der Waals surface area contributed by atoms with Crippen LogP contribution >= 0.6 is 11.6 Å². The summed E-state index contributed by atoms with van der Waals surface area (Å²) < 4.78 is 5.64. The van der Waals surface area contributed by atoms with E-state index in [4.69, 9.17) is 16.3 Å². The quantitative estimate of drug-likeness (QED) is 0.539. The molecule has 0 amide bonds. The predicted octanol–water partition coefficient (Wildman–Crippen LogP) is 5.58. The summed E-state index contributed by atoms with van der Waals surface area (Å²) in [5.74, 6) is 0.770. The van der Waals surface area contributed by atoms with Crippen molar-refractivity contribution in [2.45, 2.75) is 71.9 Å². The van der Waals surface area contributed by atoms with Crippen LogP contribution in [0.1, 0.15) is 64.9 Å². The van der Waals surface area contributed by atoms with E-state index in [0.717, 1.165) is 18.8 Å². The SMILES string of the molecule is CCCCCCCCNCc1ccc(OC(C)C)c(Cl)c1. The van der Waals surface area contributed by atoms with Crippen LogP contribution in [0.4, 0.5) is 0 Å². The first-order valence-electron chi connectivity index (χ1n) is 8.29. The summed E-state index contributed by atoms with van der Waals surface area (Å²) in [6, 6.07) is 6.04. The van der Waals surface area contributed by atoms with E-state index in [2.05, 4.69) is 18.3 Å². The third kappa shape index (κ3) is 8.33. The largest absolute Gasteiger partial charge is 0.489 e. The Bertz CT molecular complexity index is 393. The van der Waals surface area contributed by atoms with Crippen LogP contribution in [-0.2, 0) is 6.54 Å². The zero-order valence-electron chi connectivity index (χ0n) is 13.8. The van der Waals surface area contributed by atoms with Gasteiger partial charge in [0.2, 0.25) is 0 Å². The van der Waals surface area contributed by atoms with Gasteiger partial charge in [0.05, 0.1) is 11.1 Å². The van der Waals surface area contributed by atoms with Gasteiger partial charge in [-0.2, -0.15) is 0 Å². The van der Waals surface area contributed by atoms with Crippen LogP contribution in [0.5, 0.6) is 5.75 Å². The second-order valence-electron chi connectivity index (χ2n) is 5.88. The van der Waals surface area contributed by atoms with Gasteiger partial charge in [-0.1, -0.05) is 56.7 Å². The van der Waals surface area contributed by atoms with Gasteiger partial charge in [0, 0.05) is 6.54 Å². The molecule has 1 rings (SSSR count). The van der Waals surface area contributed by atoms with Crippen LogP contribution in [0.15, 0.2) is 18.2 Å². The van der Waals surface area contributed by atoms with Crippen LogP contribution in [0.25, 0.3) is 0 Å². The van der Waals surface area contributed by atoms with Crippen molar-refractivity contribution < 1.29 is 4.74 Å². The van der Waals surface area contributed by atoms with Crippen molar-refractivity contribution in [3.05, 3.63) is 28.8 Å². The molecule has 0 unspecified atom stereocenters. The van der Waals surface area contributed by atoms with E-state index < -0.39 is 0 Å². The summed E-state index contributed by atoms with van der Waals surface area (Å²) in [6.45, 7) is 8.22. The Kier molecular flexibility index (Phi) is 9.53. The predicted molar refractivity (Wildman–Crippen MR) is 92.3 cm³/mol. The van der Waals surface area contributed by atoms with Crippen molar-refractivity contribution in [3.63, 3.8) is 0 Å². The fraction of sp³-hybridized carbons (Fsp3) is 0.667. The monoisotopic (exact) mass is 311 g/mol. The highest BCUT2D eigenvalue weighted by atomic mass is 35.5. The first-order chi connectivity index (χ1) is 10.1. The molecule has 0 fully saturated rings. The number of benzene rings is 1. The van der Waals surface area contributed by atoms with Crippen molar-refractivity contribution in [2.24, 2.45) is 0 Å². The molecule has 0 saturated carbocycles. The second kappa shape index (κ2) is 10.9. The Morgan fingerprint density at radius 3 is 2.48 bits per heavy atom. The third-order valence-corrected chi connectivity index (χ3v) is 3.69. The van der Waals surface area contributed by atoms with E-state index in [1.807, 2.05) is 26.0 Å². The molecule has 0 atom stereocenters.